The summed E-state index contributed by atoms with van der Waals surface area (Å²) in [5.74, 6) is 0.523. The topological polar surface area (TPSA) is 0 Å². The lowest BCUT2D eigenvalue weighted by atomic mass is 9.67. The summed E-state index contributed by atoms with van der Waals surface area (Å²) in [4.78, 5) is 0. The molecule has 3 atom stereocenters. The van der Waals surface area contributed by atoms with Gasteiger partial charge in [-0.15, -0.1) is 0 Å². The highest BCUT2D eigenvalue weighted by atomic mass is 14.5. The number of allylic oxidation sites excluding steroid dienone is 12. The summed E-state index contributed by atoms with van der Waals surface area (Å²) >= 11 is 0. The SMILES string of the molecule is CCCCC1(C2=C(C3(CCCC)C=CC(C)=C3)C(C)C=C2)C=CC(C)=C1. The lowest BCUT2D eigenvalue weighted by molar-refractivity contribution is 0.448. The Morgan fingerprint density at radius 2 is 1.35 bits per heavy atom. The summed E-state index contributed by atoms with van der Waals surface area (Å²) < 4.78 is 0. The molecule has 3 aliphatic carbocycles. The Balaban J connectivity index is 2.13. The second-order valence-electron chi connectivity index (χ2n) is 8.71. The first-order valence-electron chi connectivity index (χ1n) is 10.7. The van der Waals surface area contributed by atoms with Crippen molar-refractivity contribution in [1.82, 2.24) is 0 Å². The van der Waals surface area contributed by atoms with E-state index in [2.05, 4.69) is 83.2 Å². The molecule has 0 aromatic carbocycles. The summed E-state index contributed by atoms with van der Waals surface area (Å²) in [6.45, 7) is 11.5. The van der Waals surface area contributed by atoms with Crippen molar-refractivity contribution in [3.05, 3.63) is 70.9 Å². The molecule has 0 aliphatic heterocycles. The molecule has 0 N–H and O–H groups in total. The average Bonchev–Trinajstić information content (AvgIpc) is 3.30. The van der Waals surface area contributed by atoms with E-state index >= 15 is 0 Å². The molecule has 3 rings (SSSR count). The van der Waals surface area contributed by atoms with E-state index in [-0.39, 0.29) is 10.8 Å². The van der Waals surface area contributed by atoms with E-state index < -0.39 is 0 Å². The Morgan fingerprint density at radius 3 is 1.85 bits per heavy atom. The van der Waals surface area contributed by atoms with Crippen molar-refractivity contribution in [2.75, 3.05) is 0 Å². The molecule has 0 heterocycles. The highest BCUT2D eigenvalue weighted by Gasteiger charge is 2.42. The Bertz CT molecular complexity index is 721. The van der Waals surface area contributed by atoms with E-state index in [1.807, 2.05) is 0 Å². The fraction of sp³-hybridized carbons (Fsp3) is 0.538. The quantitative estimate of drug-likeness (QED) is 0.418. The van der Waals surface area contributed by atoms with Crippen LogP contribution in [0.3, 0.4) is 0 Å². The second kappa shape index (κ2) is 7.59. The molecule has 0 fully saturated rings. The Hall–Kier alpha value is -1.56. The van der Waals surface area contributed by atoms with Crippen LogP contribution in [0.15, 0.2) is 70.9 Å². The lowest BCUT2D eigenvalue weighted by Crippen LogP contribution is -2.26. The molecule has 0 radical (unpaired) electrons. The van der Waals surface area contributed by atoms with E-state index in [0.29, 0.717) is 5.92 Å². The minimum absolute atomic E-state index is 0.105. The van der Waals surface area contributed by atoms with E-state index in [4.69, 9.17) is 0 Å². The van der Waals surface area contributed by atoms with E-state index in [9.17, 15) is 0 Å². The highest BCUT2D eigenvalue weighted by Crippen LogP contribution is 2.55. The molecule has 3 aliphatic rings. The average molecular weight is 349 g/mol. The zero-order chi connectivity index (χ0) is 18.8. The van der Waals surface area contributed by atoms with Crippen molar-refractivity contribution >= 4 is 0 Å². The number of unbranched alkanes of at least 4 members (excludes halogenated alkanes) is 2. The van der Waals surface area contributed by atoms with Gasteiger partial charge < -0.3 is 0 Å². The predicted octanol–water partition coefficient (Wildman–Crippen LogP) is 7.87. The zero-order valence-electron chi connectivity index (χ0n) is 17.4. The van der Waals surface area contributed by atoms with Gasteiger partial charge in [-0.05, 0) is 43.8 Å². The summed E-state index contributed by atoms with van der Waals surface area (Å²) in [5.41, 5.74) is 6.30. The van der Waals surface area contributed by atoms with E-state index in [1.54, 1.807) is 11.1 Å². The van der Waals surface area contributed by atoms with Crippen molar-refractivity contribution in [3.63, 3.8) is 0 Å². The maximum atomic E-state index is 2.55. The first-order chi connectivity index (χ1) is 12.5. The molecule has 26 heavy (non-hydrogen) atoms. The van der Waals surface area contributed by atoms with Crippen LogP contribution in [-0.2, 0) is 0 Å². The van der Waals surface area contributed by atoms with Gasteiger partial charge in [-0.1, -0.05) is 106 Å². The van der Waals surface area contributed by atoms with Gasteiger partial charge in [0.15, 0.2) is 0 Å². The molecule has 0 saturated carbocycles. The van der Waals surface area contributed by atoms with Gasteiger partial charge in [0.2, 0.25) is 0 Å². The van der Waals surface area contributed by atoms with Gasteiger partial charge in [0.1, 0.15) is 0 Å². The minimum atomic E-state index is 0.105. The maximum Gasteiger partial charge on any atom is 0.0320 e. The first-order valence-corrected chi connectivity index (χ1v) is 10.7. The van der Waals surface area contributed by atoms with Gasteiger partial charge >= 0.3 is 0 Å². The summed E-state index contributed by atoms with van der Waals surface area (Å²) in [6, 6.07) is 0. The molecule has 0 aromatic heterocycles. The number of hydrogen-bond donors (Lipinski definition) is 0. The summed E-state index contributed by atoms with van der Waals surface area (Å²) in [5, 5.41) is 0. The van der Waals surface area contributed by atoms with Crippen LogP contribution in [0, 0.1) is 16.7 Å². The fourth-order valence-electron chi connectivity index (χ4n) is 5.17. The molecular weight excluding hydrogens is 312 g/mol. The van der Waals surface area contributed by atoms with Crippen LogP contribution >= 0.6 is 0 Å². The fourth-order valence-corrected chi connectivity index (χ4v) is 5.17. The number of rotatable bonds is 8. The normalized spacial score (nSPS) is 32.7. The third-order valence-corrected chi connectivity index (χ3v) is 6.45. The van der Waals surface area contributed by atoms with Gasteiger partial charge in [0, 0.05) is 10.8 Å². The van der Waals surface area contributed by atoms with Crippen molar-refractivity contribution in [2.24, 2.45) is 16.7 Å². The molecule has 0 bridgehead atoms. The van der Waals surface area contributed by atoms with Crippen molar-refractivity contribution in [3.8, 4) is 0 Å². The van der Waals surface area contributed by atoms with Gasteiger partial charge in [-0.2, -0.15) is 0 Å². The molecule has 0 amide bonds. The van der Waals surface area contributed by atoms with E-state index in [1.165, 1.54) is 49.7 Å². The maximum absolute atomic E-state index is 2.55. The molecule has 0 heteroatoms. The van der Waals surface area contributed by atoms with Gasteiger partial charge in [0.05, 0.1) is 0 Å². The van der Waals surface area contributed by atoms with Crippen molar-refractivity contribution in [2.45, 2.75) is 73.1 Å². The highest BCUT2D eigenvalue weighted by molar-refractivity contribution is 5.56. The standard InChI is InChI=1S/C26H36/c1-6-8-14-25(16-12-20(3)18-25)23-11-10-22(5)24(23)26(15-9-7-2)17-13-21(4)19-26/h10-13,16-19,22H,6-9,14-15H2,1-5H3. The van der Waals surface area contributed by atoms with Crippen LogP contribution in [0.5, 0.6) is 0 Å². The van der Waals surface area contributed by atoms with Crippen LogP contribution in [-0.4, -0.2) is 0 Å². The third kappa shape index (κ3) is 3.36. The number of hydrogen-bond acceptors (Lipinski definition) is 0. The van der Waals surface area contributed by atoms with Crippen LogP contribution in [0.4, 0.5) is 0 Å². The van der Waals surface area contributed by atoms with Crippen LogP contribution in [0.1, 0.15) is 73.1 Å². The second-order valence-corrected chi connectivity index (χ2v) is 8.71. The lowest BCUT2D eigenvalue weighted by Gasteiger charge is -2.36. The molecule has 0 nitrogen and oxygen atoms in total. The monoisotopic (exact) mass is 348 g/mol. The largest absolute Gasteiger partial charge is 0.0772 e. The van der Waals surface area contributed by atoms with Crippen LogP contribution < -0.4 is 0 Å². The summed E-state index contributed by atoms with van der Waals surface area (Å²) in [6.07, 6.45) is 27.2. The smallest absolute Gasteiger partial charge is 0.0320 e. The molecular formula is C26H36. The van der Waals surface area contributed by atoms with Crippen molar-refractivity contribution in [1.29, 1.82) is 0 Å². The first kappa shape index (κ1) is 19.2. The zero-order valence-corrected chi connectivity index (χ0v) is 17.4. The Morgan fingerprint density at radius 1 is 0.808 bits per heavy atom. The van der Waals surface area contributed by atoms with E-state index in [0.717, 1.165) is 0 Å². The minimum Gasteiger partial charge on any atom is -0.0772 e. The van der Waals surface area contributed by atoms with Gasteiger partial charge in [-0.3, -0.25) is 0 Å². The van der Waals surface area contributed by atoms with Crippen LogP contribution in [0.2, 0.25) is 0 Å². The molecule has 0 spiro atoms. The van der Waals surface area contributed by atoms with Gasteiger partial charge in [0.25, 0.3) is 0 Å². The Kier molecular flexibility index (Phi) is 5.61. The molecule has 0 saturated heterocycles. The molecule has 140 valence electrons. The predicted molar refractivity (Wildman–Crippen MR) is 115 cm³/mol. The molecule has 3 unspecified atom stereocenters. The Labute approximate surface area is 161 Å². The summed E-state index contributed by atoms with van der Waals surface area (Å²) in [7, 11) is 0. The third-order valence-electron chi connectivity index (χ3n) is 6.45. The van der Waals surface area contributed by atoms with Crippen LogP contribution in [0.25, 0.3) is 0 Å². The van der Waals surface area contributed by atoms with Crippen molar-refractivity contribution < 1.29 is 0 Å². The molecule has 0 aromatic rings. The van der Waals surface area contributed by atoms with Gasteiger partial charge in [-0.25, -0.2) is 0 Å².